The summed E-state index contributed by atoms with van der Waals surface area (Å²) in [6.07, 6.45) is -4.18. The minimum Gasteiger partial charge on any atom is -0.465 e. The van der Waals surface area contributed by atoms with Crippen LogP contribution in [0.15, 0.2) is 41.0 Å². The van der Waals surface area contributed by atoms with E-state index in [0.29, 0.717) is 15.7 Å². The van der Waals surface area contributed by atoms with E-state index >= 15 is 0 Å². The number of nitrogens with zero attached hydrogens (tertiary/aromatic N) is 2. The molecule has 1 aromatic heterocycles. The van der Waals surface area contributed by atoms with Gasteiger partial charge in [0.2, 0.25) is 0 Å². The van der Waals surface area contributed by atoms with Crippen LogP contribution in [0.3, 0.4) is 0 Å². The highest BCUT2D eigenvalue weighted by Gasteiger charge is 2.32. The van der Waals surface area contributed by atoms with Crippen LogP contribution in [0.25, 0.3) is 11.3 Å². The topological polar surface area (TPSA) is 53.4 Å². The number of benzene rings is 1. The average molecular weight is 431 g/mol. The van der Waals surface area contributed by atoms with E-state index in [1.54, 1.807) is 32.9 Å². The van der Waals surface area contributed by atoms with E-state index in [1.165, 1.54) is 17.2 Å². The first-order valence-electron chi connectivity index (χ1n) is 7.73. The van der Waals surface area contributed by atoms with Crippen LogP contribution in [0.5, 0.6) is 0 Å². The summed E-state index contributed by atoms with van der Waals surface area (Å²) >= 11 is 3.30. The Bertz CT molecular complexity index is 817. The minimum atomic E-state index is -4.51. The van der Waals surface area contributed by atoms with Crippen LogP contribution >= 0.6 is 15.9 Å². The highest BCUT2D eigenvalue weighted by molar-refractivity contribution is 9.10. The van der Waals surface area contributed by atoms with E-state index in [9.17, 15) is 23.1 Å². The van der Waals surface area contributed by atoms with Crippen molar-refractivity contribution < 1.29 is 23.1 Å². The standard InChI is InChI=1S/C18H18BrF3N2O2/c1-17(2,3)24(16(25)26)10-11-6-7-12(18(20,21)22)9-13(11)15-14(19)5-4-8-23-15/h4-9H,10H2,1-3H3,(H,25,26). The quantitative estimate of drug-likeness (QED) is 0.668. The number of alkyl halides is 3. The second-order valence-corrected chi connectivity index (χ2v) is 7.60. The molecule has 0 saturated carbocycles. The van der Waals surface area contributed by atoms with Crippen LogP contribution < -0.4 is 0 Å². The fourth-order valence-corrected chi connectivity index (χ4v) is 2.93. The summed E-state index contributed by atoms with van der Waals surface area (Å²) in [6.45, 7) is 5.11. The molecule has 0 aliphatic heterocycles. The van der Waals surface area contributed by atoms with Crippen LogP contribution in [-0.2, 0) is 12.7 Å². The van der Waals surface area contributed by atoms with Crippen molar-refractivity contribution in [2.45, 2.75) is 39.0 Å². The summed E-state index contributed by atoms with van der Waals surface area (Å²) in [5, 5.41) is 9.49. The maximum atomic E-state index is 13.2. The van der Waals surface area contributed by atoms with Crippen molar-refractivity contribution in [3.05, 3.63) is 52.1 Å². The van der Waals surface area contributed by atoms with E-state index in [4.69, 9.17) is 0 Å². The smallest absolute Gasteiger partial charge is 0.416 e. The SMILES string of the molecule is CC(C)(C)N(Cc1ccc(C(F)(F)F)cc1-c1ncccc1Br)C(=O)O. The summed E-state index contributed by atoms with van der Waals surface area (Å²) in [7, 11) is 0. The zero-order valence-corrected chi connectivity index (χ0v) is 16.0. The molecule has 0 bridgehead atoms. The van der Waals surface area contributed by atoms with Gasteiger partial charge in [0, 0.05) is 21.8 Å². The summed E-state index contributed by atoms with van der Waals surface area (Å²) in [6, 6.07) is 6.59. The van der Waals surface area contributed by atoms with Crippen LogP contribution in [0.2, 0.25) is 0 Å². The highest BCUT2D eigenvalue weighted by Crippen LogP contribution is 2.36. The van der Waals surface area contributed by atoms with Gasteiger partial charge in [0.05, 0.1) is 17.8 Å². The van der Waals surface area contributed by atoms with Crippen LogP contribution in [0.1, 0.15) is 31.9 Å². The predicted molar refractivity (Wildman–Crippen MR) is 95.7 cm³/mol. The number of amides is 1. The predicted octanol–water partition coefficient (Wildman–Crippen LogP) is 5.81. The third kappa shape index (κ3) is 4.55. The van der Waals surface area contributed by atoms with E-state index < -0.39 is 23.4 Å². The molecule has 26 heavy (non-hydrogen) atoms. The van der Waals surface area contributed by atoms with E-state index in [2.05, 4.69) is 20.9 Å². The van der Waals surface area contributed by atoms with Crippen LogP contribution in [-0.4, -0.2) is 26.6 Å². The maximum absolute atomic E-state index is 13.2. The molecule has 2 aromatic rings. The third-order valence-electron chi connectivity index (χ3n) is 3.82. The second-order valence-electron chi connectivity index (χ2n) is 6.74. The van der Waals surface area contributed by atoms with Crippen molar-refractivity contribution in [2.24, 2.45) is 0 Å². The van der Waals surface area contributed by atoms with E-state index in [-0.39, 0.29) is 12.1 Å². The lowest BCUT2D eigenvalue weighted by molar-refractivity contribution is -0.137. The molecule has 8 heteroatoms. The first kappa shape index (κ1) is 20.2. The Hall–Kier alpha value is -2.09. The van der Waals surface area contributed by atoms with Gasteiger partial charge in [0.15, 0.2) is 0 Å². The van der Waals surface area contributed by atoms with Crippen molar-refractivity contribution in [1.29, 1.82) is 0 Å². The molecular weight excluding hydrogens is 413 g/mol. The van der Waals surface area contributed by atoms with E-state index in [0.717, 1.165) is 12.1 Å². The first-order valence-corrected chi connectivity index (χ1v) is 8.52. The van der Waals surface area contributed by atoms with Crippen LogP contribution in [0.4, 0.5) is 18.0 Å². The Kier molecular flexibility index (Phi) is 5.65. The first-order chi connectivity index (χ1) is 11.9. The normalized spacial score (nSPS) is 12.1. The molecule has 0 saturated heterocycles. The lowest BCUT2D eigenvalue weighted by Gasteiger charge is -2.33. The summed E-state index contributed by atoms with van der Waals surface area (Å²) in [5.41, 5.74) is -0.524. The van der Waals surface area contributed by atoms with Gasteiger partial charge in [-0.05, 0) is 66.5 Å². The van der Waals surface area contributed by atoms with Gasteiger partial charge >= 0.3 is 12.3 Å². The molecular formula is C18H18BrF3N2O2. The molecule has 0 atom stereocenters. The van der Waals surface area contributed by atoms with Gasteiger partial charge in [-0.25, -0.2) is 4.79 Å². The monoisotopic (exact) mass is 430 g/mol. The van der Waals surface area contributed by atoms with Crippen molar-refractivity contribution in [3.8, 4) is 11.3 Å². The fourth-order valence-electron chi connectivity index (χ4n) is 2.46. The lowest BCUT2D eigenvalue weighted by atomic mass is 9.98. The molecule has 0 fully saturated rings. The molecule has 1 heterocycles. The van der Waals surface area contributed by atoms with Crippen molar-refractivity contribution >= 4 is 22.0 Å². The van der Waals surface area contributed by atoms with Crippen molar-refractivity contribution in [3.63, 3.8) is 0 Å². The second kappa shape index (κ2) is 7.26. The number of aromatic nitrogens is 1. The Morgan fingerprint density at radius 1 is 1.23 bits per heavy atom. The number of carboxylic acid groups (broad SMARTS) is 1. The molecule has 0 unspecified atom stereocenters. The molecule has 0 spiro atoms. The summed E-state index contributed by atoms with van der Waals surface area (Å²) in [4.78, 5) is 17.0. The number of rotatable bonds is 3. The third-order valence-corrected chi connectivity index (χ3v) is 4.46. The van der Waals surface area contributed by atoms with Crippen molar-refractivity contribution in [2.75, 3.05) is 0 Å². The van der Waals surface area contributed by atoms with Crippen LogP contribution in [0, 0.1) is 0 Å². The summed E-state index contributed by atoms with van der Waals surface area (Å²) in [5.74, 6) is 0. The lowest BCUT2D eigenvalue weighted by Crippen LogP contribution is -2.44. The van der Waals surface area contributed by atoms with Gasteiger partial charge < -0.3 is 5.11 Å². The highest BCUT2D eigenvalue weighted by atomic mass is 79.9. The Labute approximate surface area is 157 Å². The minimum absolute atomic E-state index is 0.0602. The Morgan fingerprint density at radius 2 is 1.88 bits per heavy atom. The number of carbonyl (C=O) groups is 1. The average Bonchev–Trinajstić information content (AvgIpc) is 2.50. The van der Waals surface area contributed by atoms with Gasteiger partial charge in [0.1, 0.15) is 0 Å². The molecule has 0 aliphatic carbocycles. The van der Waals surface area contributed by atoms with Gasteiger partial charge in [-0.3, -0.25) is 9.88 Å². The molecule has 0 radical (unpaired) electrons. The molecule has 1 N–H and O–H groups in total. The van der Waals surface area contributed by atoms with Gasteiger partial charge in [-0.2, -0.15) is 13.2 Å². The van der Waals surface area contributed by atoms with Gasteiger partial charge in [-0.1, -0.05) is 6.07 Å². The number of hydrogen-bond acceptors (Lipinski definition) is 2. The molecule has 0 aliphatic rings. The fraction of sp³-hybridized carbons (Fsp3) is 0.333. The molecule has 1 amide bonds. The van der Waals surface area contributed by atoms with E-state index in [1.807, 2.05) is 0 Å². The molecule has 2 rings (SSSR count). The maximum Gasteiger partial charge on any atom is 0.416 e. The molecule has 140 valence electrons. The van der Waals surface area contributed by atoms with Crippen molar-refractivity contribution in [1.82, 2.24) is 9.88 Å². The molecule has 4 nitrogen and oxygen atoms in total. The largest absolute Gasteiger partial charge is 0.465 e. The Morgan fingerprint density at radius 3 is 2.38 bits per heavy atom. The Balaban J connectivity index is 2.63. The zero-order valence-electron chi connectivity index (χ0n) is 14.4. The number of halogens is 4. The number of hydrogen-bond donors (Lipinski definition) is 1. The summed E-state index contributed by atoms with van der Waals surface area (Å²) < 4.78 is 40.0. The zero-order chi connectivity index (χ0) is 19.7. The van der Waals surface area contributed by atoms with Gasteiger partial charge in [-0.15, -0.1) is 0 Å². The molecule has 1 aromatic carbocycles. The van der Waals surface area contributed by atoms with Gasteiger partial charge in [0.25, 0.3) is 0 Å². The number of pyridine rings is 1.